The maximum Gasteiger partial charge on any atom is 0.203 e. The first-order valence-electron chi connectivity index (χ1n) is 5.28. The molecule has 2 aromatic heterocycles. The predicted molar refractivity (Wildman–Crippen MR) is 69.8 cm³/mol. The zero-order valence-corrected chi connectivity index (χ0v) is 9.99. The molecule has 0 saturated heterocycles. The molecular formula is C12H8ClN5. The van der Waals surface area contributed by atoms with Crippen molar-refractivity contribution in [2.45, 2.75) is 0 Å². The van der Waals surface area contributed by atoms with Crippen molar-refractivity contribution in [2.24, 2.45) is 5.10 Å². The van der Waals surface area contributed by atoms with Gasteiger partial charge in [0.15, 0.2) is 5.15 Å². The molecule has 0 bridgehead atoms. The lowest BCUT2D eigenvalue weighted by Gasteiger charge is -1.94. The highest BCUT2D eigenvalue weighted by atomic mass is 35.5. The minimum Gasteiger partial charge on any atom is -0.233 e. The lowest BCUT2D eigenvalue weighted by atomic mass is 10.2. The molecule has 0 aliphatic rings. The molecule has 0 saturated carbocycles. The van der Waals surface area contributed by atoms with Crippen molar-refractivity contribution >= 4 is 29.0 Å². The number of rotatable bonds is 2. The predicted octanol–water partition coefficient (Wildman–Crippen LogP) is 2.36. The lowest BCUT2D eigenvalue weighted by molar-refractivity contribution is 0.881. The summed E-state index contributed by atoms with van der Waals surface area (Å²) in [6.07, 6.45) is 3.31. The molecule has 88 valence electrons. The van der Waals surface area contributed by atoms with Crippen molar-refractivity contribution in [1.29, 1.82) is 0 Å². The van der Waals surface area contributed by atoms with Gasteiger partial charge in [-0.1, -0.05) is 41.9 Å². The van der Waals surface area contributed by atoms with Gasteiger partial charge in [0.25, 0.3) is 0 Å². The Bertz CT molecular complexity index is 705. The van der Waals surface area contributed by atoms with Crippen LogP contribution in [-0.2, 0) is 0 Å². The molecule has 0 atom stereocenters. The van der Waals surface area contributed by atoms with Gasteiger partial charge in [-0.3, -0.25) is 0 Å². The van der Waals surface area contributed by atoms with E-state index in [-0.39, 0.29) is 0 Å². The van der Waals surface area contributed by atoms with Crippen LogP contribution in [0.15, 0.2) is 47.8 Å². The standard InChI is InChI=1S/C12H8ClN5/c13-11-6-10-12(17-16-11)18(8-14-10)15-7-9-4-2-1-3-5-9/h1-8H/b15-7+. The summed E-state index contributed by atoms with van der Waals surface area (Å²) in [5, 5.41) is 12.3. The molecule has 0 unspecified atom stereocenters. The van der Waals surface area contributed by atoms with Gasteiger partial charge < -0.3 is 0 Å². The molecule has 0 N–H and O–H groups in total. The summed E-state index contributed by atoms with van der Waals surface area (Å²) in [6, 6.07) is 11.4. The molecule has 2 heterocycles. The average molecular weight is 258 g/mol. The van der Waals surface area contributed by atoms with E-state index in [1.165, 1.54) is 0 Å². The van der Waals surface area contributed by atoms with Crippen molar-refractivity contribution in [1.82, 2.24) is 19.9 Å². The Morgan fingerprint density at radius 1 is 1.17 bits per heavy atom. The van der Waals surface area contributed by atoms with Crippen LogP contribution in [0.1, 0.15) is 5.56 Å². The highest BCUT2D eigenvalue weighted by Gasteiger charge is 2.04. The molecule has 18 heavy (non-hydrogen) atoms. The largest absolute Gasteiger partial charge is 0.233 e. The summed E-state index contributed by atoms with van der Waals surface area (Å²) >= 11 is 5.74. The third-order valence-corrected chi connectivity index (χ3v) is 2.56. The van der Waals surface area contributed by atoms with E-state index in [1.807, 2.05) is 30.3 Å². The number of hydrogen-bond donors (Lipinski definition) is 0. The van der Waals surface area contributed by atoms with Gasteiger partial charge in [-0.25, -0.2) is 9.66 Å². The van der Waals surface area contributed by atoms with Crippen molar-refractivity contribution in [3.8, 4) is 0 Å². The zero-order valence-electron chi connectivity index (χ0n) is 9.23. The Kier molecular flexibility index (Phi) is 2.74. The topological polar surface area (TPSA) is 56.0 Å². The van der Waals surface area contributed by atoms with Crippen LogP contribution < -0.4 is 0 Å². The first-order valence-corrected chi connectivity index (χ1v) is 5.66. The fourth-order valence-corrected chi connectivity index (χ4v) is 1.68. The molecule has 1 aromatic carbocycles. The van der Waals surface area contributed by atoms with E-state index in [0.717, 1.165) is 5.56 Å². The number of imidazole rings is 1. The number of nitrogens with zero attached hydrogens (tertiary/aromatic N) is 5. The maximum absolute atomic E-state index is 5.74. The summed E-state index contributed by atoms with van der Waals surface area (Å²) in [5.74, 6) is 0. The monoisotopic (exact) mass is 257 g/mol. The number of hydrogen-bond acceptors (Lipinski definition) is 4. The average Bonchev–Trinajstić information content (AvgIpc) is 2.80. The fraction of sp³-hybridized carbons (Fsp3) is 0. The molecule has 0 radical (unpaired) electrons. The molecule has 3 rings (SSSR count). The van der Waals surface area contributed by atoms with Gasteiger partial charge in [0.2, 0.25) is 5.65 Å². The second-order valence-electron chi connectivity index (χ2n) is 3.62. The number of benzene rings is 1. The van der Waals surface area contributed by atoms with Gasteiger partial charge in [0.05, 0.1) is 6.21 Å². The highest BCUT2D eigenvalue weighted by Crippen LogP contribution is 2.12. The Morgan fingerprint density at radius 3 is 2.83 bits per heavy atom. The number of aromatic nitrogens is 4. The molecule has 6 heteroatoms. The Hall–Kier alpha value is -2.27. The van der Waals surface area contributed by atoms with Crippen molar-refractivity contribution < 1.29 is 0 Å². The Labute approximate surface area is 108 Å². The van der Waals surface area contributed by atoms with Gasteiger partial charge >= 0.3 is 0 Å². The van der Waals surface area contributed by atoms with Crippen LogP contribution >= 0.6 is 11.6 Å². The molecule has 0 spiro atoms. The zero-order chi connectivity index (χ0) is 12.4. The number of halogens is 1. The van der Waals surface area contributed by atoms with Crippen LogP contribution in [0.5, 0.6) is 0 Å². The van der Waals surface area contributed by atoms with E-state index in [2.05, 4.69) is 20.3 Å². The first-order chi connectivity index (χ1) is 8.83. The molecule has 5 nitrogen and oxygen atoms in total. The van der Waals surface area contributed by atoms with Crippen molar-refractivity contribution in [2.75, 3.05) is 0 Å². The summed E-state index contributed by atoms with van der Waals surface area (Å²) < 4.78 is 1.56. The normalized spacial score (nSPS) is 11.4. The van der Waals surface area contributed by atoms with Gasteiger partial charge in [0.1, 0.15) is 11.8 Å². The van der Waals surface area contributed by atoms with E-state index in [0.29, 0.717) is 16.3 Å². The summed E-state index contributed by atoms with van der Waals surface area (Å²) in [5.41, 5.74) is 2.24. The third kappa shape index (κ3) is 2.08. The van der Waals surface area contributed by atoms with Gasteiger partial charge in [0, 0.05) is 6.07 Å². The van der Waals surface area contributed by atoms with E-state index in [4.69, 9.17) is 11.6 Å². The van der Waals surface area contributed by atoms with Crippen molar-refractivity contribution in [3.63, 3.8) is 0 Å². The van der Waals surface area contributed by atoms with E-state index in [9.17, 15) is 0 Å². The van der Waals surface area contributed by atoms with Crippen LogP contribution in [0.25, 0.3) is 11.2 Å². The van der Waals surface area contributed by atoms with Crippen LogP contribution in [-0.4, -0.2) is 26.1 Å². The van der Waals surface area contributed by atoms with Crippen LogP contribution in [0, 0.1) is 0 Å². The maximum atomic E-state index is 5.74. The fourth-order valence-electron chi connectivity index (χ4n) is 1.53. The lowest BCUT2D eigenvalue weighted by Crippen LogP contribution is -1.92. The van der Waals surface area contributed by atoms with E-state index < -0.39 is 0 Å². The molecule has 0 amide bonds. The molecule has 0 aliphatic carbocycles. The van der Waals surface area contributed by atoms with Gasteiger partial charge in [-0.05, 0) is 5.56 Å². The van der Waals surface area contributed by atoms with E-state index >= 15 is 0 Å². The Balaban J connectivity index is 1.98. The van der Waals surface area contributed by atoms with Crippen LogP contribution in [0.2, 0.25) is 5.15 Å². The summed E-state index contributed by atoms with van der Waals surface area (Å²) in [7, 11) is 0. The molecule has 0 fully saturated rings. The minimum atomic E-state index is 0.319. The molecule has 3 aromatic rings. The second-order valence-corrected chi connectivity index (χ2v) is 4.01. The second kappa shape index (κ2) is 4.54. The van der Waals surface area contributed by atoms with Crippen LogP contribution in [0.4, 0.5) is 0 Å². The molecule has 0 aliphatic heterocycles. The van der Waals surface area contributed by atoms with Gasteiger partial charge in [-0.15, -0.1) is 10.2 Å². The molecular weight excluding hydrogens is 250 g/mol. The van der Waals surface area contributed by atoms with E-state index in [1.54, 1.807) is 23.3 Å². The van der Waals surface area contributed by atoms with Gasteiger partial charge in [-0.2, -0.15) is 5.10 Å². The highest BCUT2D eigenvalue weighted by molar-refractivity contribution is 6.29. The first kappa shape index (κ1) is 10.9. The van der Waals surface area contributed by atoms with Crippen LogP contribution in [0.3, 0.4) is 0 Å². The SMILES string of the molecule is Clc1cc2ncn(/N=C/c3ccccc3)c2nn1. The van der Waals surface area contributed by atoms with Crippen molar-refractivity contribution in [3.05, 3.63) is 53.4 Å². The minimum absolute atomic E-state index is 0.319. The summed E-state index contributed by atoms with van der Waals surface area (Å²) in [6.45, 7) is 0. The summed E-state index contributed by atoms with van der Waals surface area (Å²) in [4.78, 5) is 4.15. The third-order valence-electron chi connectivity index (χ3n) is 2.38. The Morgan fingerprint density at radius 2 is 2.00 bits per heavy atom. The number of fused-ring (bicyclic) bond motifs is 1. The smallest absolute Gasteiger partial charge is 0.203 e. The quantitative estimate of drug-likeness (QED) is 0.662.